The third-order valence-electron chi connectivity index (χ3n) is 1.17. The number of rotatable bonds is 0. The van der Waals surface area contributed by atoms with Crippen LogP contribution in [0.4, 0.5) is 0 Å². The van der Waals surface area contributed by atoms with Crippen LogP contribution in [-0.4, -0.2) is 0 Å². The summed E-state index contributed by atoms with van der Waals surface area (Å²) >= 11 is 11.5. The van der Waals surface area contributed by atoms with Crippen LogP contribution < -0.4 is 0 Å². The summed E-state index contributed by atoms with van der Waals surface area (Å²) in [6, 6.07) is 4.05. The van der Waals surface area contributed by atoms with Crippen molar-refractivity contribution in [2.24, 2.45) is 0 Å². The smallest absolute Gasteiger partial charge is 0.0577 e. The summed E-state index contributed by atoms with van der Waals surface area (Å²) in [7, 11) is 0. The molecule has 1 rings (SSSR count). The fourth-order valence-electron chi connectivity index (χ4n) is 0.685. The molecule has 3 heteroatoms. The van der Waals surface area contributed by atoms with Gasteiger partial charge in [0.1, 0.15) is 0 Å². The highest BCUT2D eigenvalue weighted by Gasteiger charge is 2.00. The van der Waals surface area contributed by atoms with Crippen molar-refractivity contribution < 1.29 is 0 Å². The summed E-state index contributed by atoms with van der Waals surface area (Å²) in [6.07, 6.45) is 0. The van der Waals surface area contributed by atoms with Crippen molar-refractivity contribution >= 4 is 50.1 Å². The number of benzene rings is 1. The lowest BCUT2D eigenvalue weighted by molar-refractivity contribution is 1.43. The molecule has 0 amide bonds. The van der Waals surface area contributed by atoms with Crippen LogP contribution in [0.25, 0.3) is 0 Å². The second-order valence-electron chi connectivity index (χ2n) is 2.02. The maximum Gasteiger partial charge on any atom is 0.0577 e. The van der Waals surface area contributed by atoms with Gasteiger partial charge >= 0.3 is 0 Å². The van der Waals surface area contributed by atoms with Crippen LogP contribution in [0.15, 0.2) is 16.6 Å². The summed E-state index contributed by atoms with van der Waals surface area (Å²) in [5.74, 6) is 0. The summed E-state index contributed by atoms with van der Waals surface area (Å²) in [6.45, 7) is 2.00. The molecule has 1 aromatic rings. The van der Waals surface area contributed by atoms with Gasteiger partial charge in [0.2, 0.25) is 0 Å². The largest absolute Gasteiger partial charge is 0.0828 e. The molecule has 0 saturated heterocycles. The molecule has 0 fully saturated rings. The van der Waals surface area contributed by atoms with E-state index in [-0.39, 0.29) is 0 Å². The molecule has 1 aromatic carbocycles. The Labute approximate surface area is 87.2 Å². The molecule has 0 bridgehead atoms. The Morgan fingerprint density at radius 3 is 2.60 bits per heavy atom. The Balaban J connectivity index is 3.31. The van der Waals surface area contributed by atoms with Crippen LogP contribution in [0.2, 0.25) is 5.02 Å². The van der Waals surface area contributed by atoms with Crippen molar-refractivity contribution in [3.63, 3.8) is 0 Å². The van der Waals surface area contributed by atoms with Crippen molar-refractivity contribution in [2.45, 2.75) is 6.92 Å². The summed E-state index contributed by atoms with van der Waals surface area (Å²) in [5, 5.41) is 0.806. The van der Waals surface area contributed by atoms with E-state index in [1.165, 1.54) is 3.57 Å². The minimum absolute atomic E-state index is 0.806. The van der Waals surface area contributed by atoms with Crippen LogP contribution in [-0.2, 0) is 0 Å². The highest BCUT2D eigenvalue weighted by molar-refractivity contribution is 14.1. The van der Waals surface area contributed by atoms with E-state index >= 15 is 0 Å². The van der Waals surface area contributed by atoms with Gasteiger partial charge < -0.3 is 0 Å². The average Bonchev–Trinajstić information content (AvgIpc) is 1.82. The summed E-state index contributed by atoms with van der Waals surface area (Å²) < 4.78 is 2.17. The van der Waals surface area contributed by atoms with E-state index in [0.717, 1.165) is 15.1 Å². The van der Waals surface area contributed by atoms with E-state index in [2.05, 4.69) is 38.5 Å². The van der Waals surface area contributed by atoms with E-state index in [4.69, 9.17) is 11.6 Å². The van der Waals surface area contributed by atoms with Crippen LogP contribution in [0.3, 0.4) is 0 Å². The molecule has 0 radical (unpaired) electrons. The van der Waals surface area contributed by atoms with Gasteiger partial charge in [-0.25, -0.2) is 0 Å². The lowest BCUT2D eigenvalue weighted by atomic mass is 10.2. The number of hydrogen-bond donors (Lipinski definition) is 0. The molecule has 0 saturated carbocycles. The first-order chi connectivity index (χ1) is 4.61. The minimum Gasteiger partial charge on any atom is -0.0828 e. The predicted molar refractivity (Wildman–Crippen MR) is 56.6 cm³/mol. The molecular formula is C7H5BrClI. The molecule has 0 unspecified atom stereocenters. The zero-order valence-electron chi connectivity index (χ0n) is 5.29. The second-order valence-corrected chi connectivity index (χ2v) is 4.50. The molecule has 0 spiro atoms. The van der Waals surface area contributed by atoms with E-state index in [1.807, 2.05) is 19.1 Å². The van der Waals surface area contributed by atoms with Crippen molar-refractivity contribution in [3.8, 4) is 0 Å². The van der Waals surface area contributed by atoms with Gasteiger partial charge in [0.05, 0.1) is 5.02 Å². The zero-order valence-corrected chi connectivity index (χ0v) is 9.79. The quantitative estimate of drug-likeness (QED) is 0.498. The van der Waals surface area contributed by atoms with Gasteiger partial charge in [-0.05, 0) is 63.1 Å². The monoisotopic (exact) mass is 330 g/mol. The van der Waals surface area contributed by atoms with Gasteiger partial charge in [0.15, 0.2) is 0 Å². The molecule has 0 aromatic heterocycles. The SMILES string of the molecule is Cc1cc(I)cc(Br)c1Cl. The third kappa shape index (κ3) is 1.86. The van der Waals surface area contributed by atoms with E-state index in [1.54, 1.807) is 0 Å². The van der Waals surface area contributed by atoms with Crippen LogP contribution >= 0.6 is 50.1 Å². The van der Waals surface area contributed by atoms with Crippen molar-refractivity contribution in [1.29, 1.82) is 0 Å². The molecule has 0 aliphatic rings. The van der Waals surface area contributed by atoms with Crippen molar-refractivity contribution in [3.05, 3.63) is 30.8 Å². The maximum atomic E-state index is 5.90. The topological polar surface area (TPSA) is 0 Å². The van der Waals surface area contributed by atoms with Crippen molar-refractivity contribution in [2.75, 3.05) is 0 Å². The predicted octanol–water partition coefficient (Wildman–Crippen LogP) is 4.02. The Morgan fingerprint density at radius 1 is 1.50 bits per heavy atom. The molecule has 54 valence electrons. The number of aryl methyl sites for hydroxylation is 1. The lowest BCUT2D eigenvalue weighted by Gasteiger charge is -2.00. The Hall–Kier alpha value is 0.720. The van der Waals surface area contributed by atoms with Crippen LogP contribution in [0, 0.1) is 10.5 Å². The van der Waals surface area contributed by atoms with Gasteiger partial charge in [0, 0.05) is 8.04 Å². The molecule has 0 N–H and O–H groups in total. The van der Waals surface area contributed by atoms with Gasteiger partial charge in [-0.3, -0.25) is 0 Å². The lowest BCUT2D eigenvalue weighted by Crippen LogP contribution is -1.78. The van der Waals surface area contributed by atoms with Crippen LogP contribution in [0.1, 0.15) is 5.56 Å². The Kier molecular flexibility index (Phi) is 3.01. The molecule has 0 aliphatic carbocycles. The van der Waals surface area contributed by atoms with Gasteiger partial charge in [-0.2, -0.15) is 0 Å². The molecule has 0 nitrogen and oxygen atoms in total. The number of halogens is 3. The first-order valence-corrected chi connectivity index (χ1v) is 4.97. The third-order valence-corrected chi connectivity index (χ3v) is 3.15. The van der Waals surface area contributed by atoms with Gasteiger partial charge in [0.25, 0.3) is 0 Å². The maximum absolute atomic E-state index is 5.90. The average molecular weight is 331 g/mol. The summed E-state index contributed by atoms with van der Waals surface area (Å²) in [4.78, 5) is 0. The van der Waals surface area contributed by atoms with E-state index in [0.29, 0.717) is 0 Å². The first-order valence-electron chi connectivity index (χ1n) is 2.72. The first kappa shape index (κ1) is 8.81. The molecule has 0 heterocycles. The fraction of sp³-hybridized carbons (Fsp3) is 0.143. The normalized spacial score (nSPS) is 10.0. The van der Waals surface area contributed by atoms with Gasteiger partial charge in [-0.1, -0.05) is 11.6 Å². The number of hydrogen-bond acceptors (Lipinski definition) is 0. The second kappa shape index (κ2) is 3.41. The van der Waals surface area contributed by atoms with E-state index < -0.39 is 0 Å². The summed E-state index contributed by atoms with van der Waals surface area (Å²) in [5.41, 5.74) is 1.11. The Bertz CT molecular complexity index is 237. The van der Waals surface area contributed by atoms with Crippen LogP contribution in [0.5, 0.6) is 0 Å². The molecule has 10 heavy (non-hydrogen) atoms. The standard InChI is InChI=1S/C7H5BrClI/c1-4-2-5(10)3-6(8)7(4)9/h2-3H,1H3. The Morgan fingerprint density at radius 2 is 2.10 bits per heavy atom. The fourth-order valence-corrected chi connectivity index (χ4v) is 2.56. The highest BCUT2D eigenvalue weighted by atomic mass is 127. The van der Waals surface area contributed by atoms with Crippen molar-refractivity contribution in [1.82, 2.24) is 0 Å². The zero-order chi connectivity index (χ0) is 7.72. The highest BCUT2D eigenvalue weighted by Crippen LogP contribution is 2.27. The molecule has 0 atom stereocenters. The van der Waals surface area contributed by atoms with Gasteiger partial charge in [-0.15, -0.1) is 0 Å². The minimum atomic E-state index is 0.806. The van der Waals surface area contributed by atoms with E-state index in [9.17, 15) is 0 Å². The molecule has 0 aliphatic heterocycles. The molecular weight excluding hydrogens is 326 g/mol.